The first-order valence-electron chi connectivity index (χ1n) is 6.73. The molecule has 0 fully saturated rings. The molecule has 1 aromatic carbocycles. The third-order valence-corrected chi connectivity index (χ3v) is 3.03. The summed E-state index contributed by atoms with van der Waals surface area (Å²) in [6.07, 6.45) is 0.113. The number of hydrogen-bond acceptors (Lipinski definition) is 2. The predicted octanol–water partition coefficient (Wildman–Crippen LogP) is 2.37. The number of nitrogens with one attached hydrogen (secondary N) is 1. The van der Waals surface area contributed by atoms with Gasteiger partial charge in [0.1, 0.15) is 0 Å². The molecule has 21 heavy (non-hydrogen) atoms. The van der Waals surface area contributed by atoms with Crippen molar-refractivity contribution in [2.24, 2.45) is 11.8 Å². The Morgan fingerprint density at radius 3 is 2.52 bits per heavy atom. The van der Waals surface area contributed by atoms with Gasteiger partial charge in [0, 0.05) is 12.1 Å². The molecule has 0 spiro atoms. The highest BCUT2D eigenvalue weighted by Crippen LogP contribution is 2.13. The fourth-order valence-corrected chi connectivity index (χ4v) is 2.00. The average Bonchev–Trinajstić information content (AvgIpc) is 2.39. The summed E-state index contributed by atoms with van der Waals surface area (Å²) in [4.78, 5) is 22.7. The zero-order chi connectivity index (χ0) is 16.0. The van der Waals surface area contributed by atoms with Gasteiger partial charge in [-0.15, -0.1) is 0 Å². The molecular formula is C15H19F2NO3. The van der Waals surface area contributed by atoms with Crippen molar-refractivity contribution in [1.82, 2.24) is 5.32 Å². The van der Waals surface area contributed by atoms with Gasteiger partial charge in [-0.25, -0.2) is 8.78 Å². The summed E-state index contributed by atoms with van der Waals surface area (Å²) in [5.41, 5.74) is -0.0526. The minimum atomic E-state index is -1.05. The van der Waals surface area contributed by atoms with E-state index in [-0.39, 0.29) is 24.4 Å². The van der Waals surface area contributed by atoms with Crippen LogP contribution in [0, 0.1) is 23.5 Å². The minimum Gasteiger partial charge on any atom is -0.481 e. The van der Waals surface area contributed by atoms with Gasteiger partial charge in [-0.1, -0.05) is 26.0 Å². The van der Waals surface area contributed by atoms with Gasteiger partial charge in [0.15, 0.2) is 11.6 Å². The zero-order valence-corrected chi connectivity index (χ0v) is 12.0. The van der Waals surface area contributed by atoms with E-state index in [0.29, 0.717) is 6.42 Å². The van der Waals surface area contributed by atoms with Crippen LogP contribution in [0.25, 0.3) is 0 Å². The lowest BCUT2D eigenvalue weighted by Crippen LogP contribution is -2.34. The van der Waals surface area contributed by atoms with Gasteiger partial charge < -0.3 is 10.4 Å². The Balaban J connectivity index is 2.57. The third-order valence-electron chi connectivity index (χ3n) is 3.03. The van der Waals surface area contributed by atoms with Gasteiger partial charge in [-0.05, 0) is 18.4 Å². The molecule has 1 unspecified atom stereocenters. The lowest BCUT2D eigenvalue weighted by atomic mass is 9.97. The second-order valence-electron chi connectivity index (χ2n) is 5.36. The number of carbonyl (C=O) groups excluding carboxylic acids is 1. The second kappa shape index (κ2) is 7.71. The van der Waals surface area contributed by atoms with Gasteiger partial charge in [0.05, 0.1) is 12.3 Å². The van der Waals surface area contributed by atoms with E-state index in [1.54, 1.807) is 0 Å². The van der Waals surface area contributed by atoms with Crippen molar-refractivity contribution in [3.05, 3.63) is 35.4 Å². The van der Waals surface area contributed by atoms with Crippen LogP contribution in [-0.2, 0) is 16.0 Å². The largest absolute Gasteiger partial charge is 0.481 e. The molecule has 1 rings (SSSR count). The van der Waals surface area contributed by atoms with Gasteiger partial charge in [-0.2, -0.15) is 0 Å². The lowest BCUT2D eigenvalue weighted by molar-refractivity contribution is -0.142. The number of benzene rings is 1. The average molecular weight is 299 g/mol. The van der Waals surface area contributed by atoms with Gasteiger partial charge in [-0.3, -0.25) is 9.59 Å². The maximum absolute atomic E-state index is 13.4. The Morgan fingerprint density at radius 1 is 1.29 bits per heavy atom. The molecule has 0 saturated carbocycles. The number of hydrogen-bond donors (Lipinski definition) is 2. The maximum Gasteiger partial charge on any atom is 0.308 e. The topological polar surface area (TPSA) is 66.4 Å². The van der Waals surface area contributed by atoms with Crippen molar-refractivity contribution < 1.29 is 23.5 Å². The zero-order valence-electron chi connectivity index (χ0n) is 12.0. The van der Waals surface area contributed by atoms with Crippen LogP contribution in [0.15, 0.2) is 18.2 Å². The van der Waals surface area contributed by atoms with Crippen LogP contribution in [0.5, 0.6) is 0 Å². The van der Waals surface area contributed by atoms with Crippen molar-refractivity contribution in [3.63, 3.8) is 0 Å². The van der Waals surface area contributed by atoms with Crippen LogP contribution in [-0.4, -0.2) is 23.5 Å². The smallest absolute Gasteiger partial charge is 0.308 e. The van der Waals surface area contributed by atoms with E-state index in [0.717, 1.165) is 6.07 Å². The molecule has 0 saturated heterocycles. The maximum atomic E-state index is 13.4. The number of carboxylic acids is 1. The molecule has 0 heterocycles. The Morgan fingerprint density at radius 2 is 1.95 bits per heavy atom. The highest BCUT2D eigenvalue weighted by Gasteiger charge is 2.20. The molecule has 116 valence electrons. The van der Waals surface area contributed by atoms with Crippen LogP contribution >= 0.6 is 0 Å². The Hall–Kier alpha value is -1.98. The summed E-state index contributed by atoms with van der Waals surface area (Å²) in [7, 11) is 0. The normalized spacial score (nSPS) is 12.2. The fraction of sp³-hybridized carbons (Fsp3) is 0.467. The summed E-state index contributed by atoms with van der Waals surface area (Å²) in [6, 6.07) is 3.61. The SMILES string of the molecule is CC(C)CC(CNC(=O)Cc1cccc(F)c1F)C(=O)O. The first-order valence-corrected chi connectivity index (χ1v) is 6.73. The van der Waals surface area contributed by atoms with E-state index in [4.69, 9.17) is 5.11 Å². The predicted molar refractivity (Wildman–Crippen MR) is 73.7 cm³/mol. The molecule has 0 aliphatic heterocycles. The molecule has 2 N–H and O–H groups in total. The molecular weight excluding hydrogens is 280 g/mol. The third kappa shape index (κ3) is 5.49. The molecule has 0 radical (unpaired) electrons. The highest BCUT2D eigenvalue weighted by molar-refractivity contribution is 5.79. The molecule has 6 heteroatoms. The highest BCUT2D eigenvalue weighted by atomic mass is 19.2. The molecule has 0 aliphatic carbocycles. The van der Waals surface area contributed by atoms with E-state index in [1.165, 1.54) is 12.1 Å². The minimum absolute atomic E-state index is 0.0245. The standard InChI is InChI=1S/C15H19F2NO3/c1-9(2)6-11(15(20)21)8-18-13(19)7-10-4-3-5-12(16)14(10)17/h3-5,9,11H,6-8H2,1-2H3,(H,18,19)(H,20,21). The molecule has 1 atom stereocenters. The molecule has 1 aromatic rings. The number of rotatable bonds is 7. The number of amides is 1. The van der Waals surface area contributed by atoms with Crippen LogP contribution in [0.3, 0.4) is 0 Å². The van der Waals surface area contributed by atoms with Gasteiger partial charge in [0.25, 0.3) is 0 Å². The number of carbonyl (C=O) groups is 2. The number of halogens is 2. The van der Waals surface area contributed by atoms with Crippen LogP contribution in [0.4, 0.5) is 8.78 Å². The van der Waals surface area contributed by atoms with Crippen molar-refractivity contribution >= 4 is 11.9 Å². The van der Waals surface area contributed by atoms with E-state index >= 15 is 0 Å². The van der Waals surface area contributed by atoms with Crippen LogP contribution in [0.2, 0.25) is 0 Å². The van der Waals surface area contributed by atoms with Crippen LogP contribution < -0.4 is 5.32 Å². The Labute approximate surface area is 122 Å². The van der Waals surface area contributed by atoms with E-state index in [2.05, 4.69) is 5.32 Å². The molecule has 1 amide bonds. The fourth-order valence-electron chi connectivity index (χ4n) is 2.00. The molecule has 0 bridgehead atoms. The van der Waals surface area contributed by atoms with E-state index in [1.807, 2.05) is 13.8 Å². The summed E-state index contributed by atoms with van der Waals surface area (Å²) >= 11 is 0. The first-order chi connectivity index (χ1) is 9.81. The number of carboxylic acid groups (broad SMARTS) is 1. The Kier molecular flexibility index (Phi) is 6.27. The summed E-state index contributed by atoms with van der Waals surface area (Å²) in [5.74, 6) is -4.08. The first kappa shape index (κ1) is 17.1. The summed E-state index contributed by atoms with van der Waals surface area (Å²) in [5, 5.41) is 11.5. The van der Waals surface area contributed by atoms with E-state index < -0.39 is 29.4 Å². The van der Waals surface area contributed by atoms with Gasteiger partial charge >= 0.3 is 5.97 Å². The van der Waals surface area contributed by atoms with E-state index in [9.17, 15) is 18.4 Å². The quantitative estimate of drug-likeness (QED) is 0.812. The Bertz CT molecular complexity index is 518. The van der Waals surface area contributed by atoms with Crippen molar-refractivity contribution in [1.29, 1.82) is 0 Å². The van der Waals surface area contributed by atoms with Gasteiger partial charge in [0.2, 0.25) is 5.91 Å². The molecule has 0 aliphatic rings. The number of aliphatic carboxylic acids is 1. The summed E-state index contributed by atoms with van der Waals surface area (Å²) < 4.78 is 26.4. The van der Waals surface area contributed by atoms with Crippen LogP contribution in [0.1, 0.15) is 25.8 Å². The summed E-state index contributed by atoms with van der Waals surface area (Å²) in [6.45, 7) is 3.75. The lowest BCUT2D eigenvalue weighted by Gasteiger charge is -2.15. The van der Waals surface area contributed by atoms with Crippen molar-refractivity contribution in [2.45, 2.75) is 26.7 Å². The second-order valence-corrected chi connectivity index (χ2v) is 5.36. The monoisotopic (exact) mass is 299 g/mol. The van der Waals surface area contributed by atoms with Crippen molar-refractivity contribution in [3.8, 4) is 0 Å². The van der Waals surface area contributed by atoms with Crippen molar-refractivity contribution in [2.75, 3.05) is 6.54 Å². The molecule has 0 aromatic heterocycles. The molecule has 4 nitrogen and oxygen atoms in total.